The maximum Gasteiger partial charge on any atom is 0.261 e. The number of hydrogen-bond acceptors (Lipinski definition) is 7. The molecular formula is C37H41N3O7S. The number of nitrogens with zero attached hydrogens (tertiary/aromatic N) is 2. The van der Waals surface area contributed by atoms with Crippen molar-refractivity contribution in [3.05, 3.63) is 125 Å². The molecule has 11 heteroatoms. The number of nitrogens with one attached hydrogen (secondary N) is 1. The zero-order valence-corrected chi connectivity index (χ0v) is 28.0. The molecule has 252 valence electrons. The number of sulfonamides is 1. The first-order chi connectivity index (χ1) is 23.2. The topological polar surface area (TPSA) is 114 Å². The van der Waals surface area contributed by atoms with E-state index >= 15 is 0 Å². The lowest BCUT2D eigenvalue weighted by molar-refractivity contribution is -0.142. The number of hydrogen-bond donors (Lipinski definition) is 1. The summed E-state index contributed by atoms with van der Waals surface area (Å²) in [6.45, 7) is 3.40. The Balaban J connectivity index is 1.36. The first kappa shape index (κ1) is 34.6. The average molecular weight is 672 g/mol. The Morgan fingerprint density at radius 1 is 0.833 bits per heavy atom. The highest BCUT2D eigenvalue weighted by Crippen LogP contribution is 2.22. The summed E-state index contributed by atoms with van der Waals surface area (Å²) in [5, 5.41) is 3.04. The van der Waals surface area contributed by atoms with E-state index in [0.717, 1.165) is 22.3 Å². The van der Waals surface area contributed by atoms with E-state index in [-0.39, 0.29) is 30.4 Å². The highest BCUT2D eigenvalue weighted by atomic mass is 32.2. The standard InChI is InChI=1S/C37H41N3O7S/c1-28-8-10-30(11-9-28)25-38-37(42)35(24-29-6-4-3-5-7-29)40(26-31-12-14-32(45-2)15-13-31)36(41)27-47-33-16-18-34(19-17-33)48(43,44)39-20-22-46-23-21-39/h3-19,35H,20-27H2,1-2H3,(H,38,42)/t35-/m1/s1. The van der Waals surface area contributed by atoms with Gasteiger partial charge in [-0.3, -0.25) is 9.59 Å². The smallest absolute Gasteiger partial charge is 0.261 e. The second-order valence-corrected chi connectivity index (χ2v) is 13.5. The molecule has 0 unspecified atom stereocenters. The van der Waals surface area contributed by atoms with Gasteiger partial charge in [0, 0.05) is 32.6 Å². The Bertz CT molecular complexity index is 1740. The molecule has 1 aliphatic heterocycles. The molecule has 4 aromatic rings. The summed E-state index contributed by atoms with van der Waals surface area (Å²) in [6.07, 6.45) is 0.288. The Kier molecular flexibility index (Phi) is 11.8. The molecule has 1 fully saturated rings. The molecule has 1 saturated heterocycles. The van der Waals surface area contributed by atoms with Gasteiger partial charge in [0.05, 0.1) is 25.2 Å². The average Bonchev–Trinajstić information content (AvgIpc) is 3.13. The van der Waals surface area contributed by atoms with Gasteiger partial charge < -0.3 is 24.4 Å². The van der Waals surface area contributed by atoms with E-state index in [0.29, 0.717) is 44.3 Å². The number of amides is 2. The van der Waals surface area contributed by atoms with Gasteiger partial charge in [-0.05, 0) is 60.0 Å². The van der Waals surface area contributed by atoms with Gasteiger partial charge in [0.2, 0.25) is 15.9 Å². The Morgan fingerprint density at radius 3 is 2.10 bits per heavy atom. The minimum absolute atomic E-state index is 0.136. The van der Waals surface area contributed by atoms with Crippen molar-refractivity contribution in [1.82, 2.24) is 14.5 Å². The van der Waals surface area contributed by atoms with Crippen molar-refractivity contribution in [2.24, 2.45) is 0 Å². The molecule has 1 heterocycles. The maximum absolute atomic E-state index is 14.0. The monoisotopic (exact) mass is 671 g/mol. The predicted molar refractivity (Wildman–Crippen MR) is 182 cm³/mol. The van der Waals surface area contributed by atoms with Gasteiger partial charge in [-0.2, -0.15) is 4.31 Å². The normalized spacial score (nSPS) is 14.1. The fourth-order valence-corrected chi connectivity index (χ4v) is 6.77. The van der Waals surface area contributed by atoms with Gasteiger partial charge in [-0.15, -0.1) is 0 Å². The van der Waals surface area contributed by atoms with Crippen molar-refractivity contribution in [3.63, 3.8) is 0 Å². The van der Waals surface area contributed by atoms with Crippen molar-refractivity contribution < 1.29 is 32.2 Å². The molecule has 48 heavy (non-hydrogen) atoms. The molecule has 0 aliphatic carbocycles. The van der Waals surface area contributed by atoms with Crippen LogP contribution in [0.5, 0.6) is 11.5 Å². The molecule has 0 spiro atoms. The Morgan fingerprint density at radius 2 is 1.46 bits per heavy atom. The van der Waals surface area contributed by atoms with Gasteiger partial charge in [-0.25, -0.2) is 8.42 Å². The van der Waals surface area contributed by atoms with Crippen molar-refractivity contribution in [1.29, 1.82) is 0 Å². The third-order valence-electron chi connectivity index (χ3n) is 8.16. The van der Waals surface area contributed by atoms with Crippen molar-refractivity contribution in [2.75, 3.05) is 40.0 Å². The molecule has 0 bridgehead atoms. The van der Waals surface area contributed by atoms with Gasteiger partial charge in [-0.1, -0.05) is 72.3 Å². The molecular weight excluding hydrogens is 630 g/mol. The molecule has 10 nitrogen and oxygen atoms in total. The van der Waals surface area contributed by atoms with E-state index in [2.05, 4.69) is 5.32 Å². The van der Waals surface area contributed by atoms with Crippen molar-refractivity contribution >= 4 is 21.8 Å². The maximum atomic E-state index is 14.0. The van der Waals surface area contributed by atoms with Crippen molar-refractivity contribution in [3.8, 4) is 11.5 Å². The number of carbonyl (C=O) groups excluding carboxylic acids is 2. The van der Waals surface area contributed by atoms with Crippen LogP contribution < -0.4 is 14.8 Å². The minimum Gasteiger partial charge on any atom is -0.497 e. The van der Waals surface area contributed by atoms with E-state index in [1.54, 1.807) is 7.11 Å². The number of aryl methyl sites for hydroxylation is 1. The second-order valence-electron chi connectivity index (χ2n) is 11.6. The van der Waals surface area contributed by atoms with E-state index < -0.39 is 22.0 Å². The first-order valence-corrected chi connectivity index (χ1v) is 17.3. The van der Waals surface area contributed by atoms with Crippen LogP contribution in [0.4, 0.5) is 0 Å². The van der Waals surface area contributed by atoms with E-state index in [9.17, 15) is 18.0 Å². The minimum atomic E-state index is -3.67. The summed E-state index contributed by atoms with van der Waals surface area (Å²) < 4.78 is 43.9. The lowest BCUT2D eigenvalue weighted by Gasteiger charge is -2.31. The van der Waals surface area contributed by atoms with Crippen molar-refractivity contribution in [2.45, 2.75) is 37.4 Å². The third kappa shape index (κ3) is 9.21. The zero-order chi connectivity index (χ0) is 33.9. The van der Waals surface area contributed by atoms with Crippen LogP contribution in [0.25, 0.3) is 0 Å². The van der Waals surface area contributed by atoms with E-state index in [4.69, 9.17) is 14.2 Å². The van der Waals surface area contributed by atoms with Crippen LogP contribution in [-0.4, -0.2) is 75.5 Å². The molecule has 0 aromatic heterocycles. The number of morpholine rings is 1. The molecule has 2 amide bonds. The van der Waals surface area contributed by atoms with Gasteiger partial charge in [0.15, 0.2) is 6.61 Å². The summed E-state index contributed by atoms with van der Waals surface area (Å²) >= 11 is 0. The largest absolute Gasteiger partial charge is 0.497 e. The van der Waals surface area contributed by atoms with Crippen LogP contribution in [0.15, 0.2) is 108 Å². The van der Waals surface area contributed by atoms with Gasteiger partial charge in [0.1, 0.15) is 17.5 Å². The quantitative estimate of drug-likeness (QED) is 0.212. The number of ether oxygens (including phenoxy) is 3. The van der Waals surface area contributed by atoms with Crippen LogP contribution in [0, 0.1) is 6.92 Å². The number of carbonyl (C=O) groups is 2. The highest BCUT2D eigenvalue weighted by molar-refractivity contribution is 7.89. The van der Waals surface area contributed by atoms with Crippen LogP contribution >= 0.6 is 0 Å². The number of benzene rings is 4. The predicted octanol–water partition coefficient (Wildman–Crippen LogP) is 4.36. The third-order valence-corrected chi connectivity index (χ3v) is 10.1. The fraction of sp³-hybridized carbons (Fsp3) is 0.297. The number of rotatable bonds is 14. The summed E-state index contributed by atoms with van der Waals surface area (Å²) in [5.41, 5.74) is 3.78. The molecule has 0 saturated carbocycles. The van der Waals surface area contributed by atoms with Crippen LogP contribution in [0.2, 0.25) is 0 Å². The molecule has 5 rings (SSSR count). The molecule has 1 atom stereocenters. The highest BCUT2D eigenvalue weighted by Gasteiger charge is 2.31. The zero-order valence-electron chi connectivity index (χ0n) is 27.2. The molecule has 0 radical (unpaired) electrons. The summed E-state index contributed by atoms with van der Waals surface area (Å²) in [4.78, 5) is 29.6. The Labute approximate surface area is 282 Å². The summed E-state index contributed by atoms with van der Waals surface area (Å²) in [7, 11) is -2.09. The first-order valence-electron chi connectivity index (χ1n) is 15.8. The second kappa shape index (κ2) is 16.4. The molecule has 1 N–H and O–H groups in total. The van der Waals surface area contributed by atoms with E-state index in [1.807, 2.05) is 85.8 Å². The SMILES string of the molecule is COc1ccc(CN(C(=O)COc2ccc(S(=O)(=O)N3CCOCC3)cc2)[C@H](Cc2ccccc2)C(=O)NCc2ccc(C)cc2)cc1. The van der Waals surface area contributed by atoms with E-state index in [1.165, 1.54) is 33.5 Å². The summed E-state index contributed by atoms with van der Waals surface area (Å²) in [6, 6.07) is 30.0. The van der Waals surface area contributed by atoms with Crippen LogP contribution in [-0.2, 0) is 43.9 Å². The Hall–Kier alpha value is -4.71. The van der Waals surface area contributed by atoms with Gasteiger partial charge in [0.25, 0.3) is 5.91 Å². The fourth-order valence-electron chi connectivity index (χ4n) is 5.37. The van der Waals surface area contributed by atoms with Crippen LogP contribution in [0.1, 0.15) is 22.3 Å². The van der Waals surface area contributed by atoms with Crippen LogP contribution in [0.3, 0.4) is 0 Å². The summed E-state index contributed by atoms with van der Waals surface area (Å²) in [5.74, 6) is 0.314. The van der Waals surface area contributed by atoms with Gasteiger partial charge >= 0.3 is 0 Å². The molecule has 4 aromatic carbocycles. The lowest BCUT2D eigenvalue weighted by atomic mass is 10.0. The lowest BCUT2D eigenvalue weighted by Crippen LogP contribution is -2.51. The number of methoxy groups -OCH3 is 1. The molecule has 1 aliphatic rings.